The van der Waals surface area contributed by atoms with Crippen LogP contribution in [0.1, 0.15) is 18.9 Å². The summed E-state index contributed by atoms with van der Waals surface area (Å²) in [5.41, 5.74) is 6.81. The molecule has 0 saturated heterocycles. The molecule has 0 bridgehead atoms. The number of nitrogens with two attached hydrogens (primary N) is 1. The molecule has 0 radical (unpaired) electrons. The molecule has 0 aliphatic heterocycles. The SMILES string of the molecule is COc1cccc(CNCCC(C)CN)c1. The Morgan fingerprint density at radius 3 is 2.94 bits per heavy atom. The van der Waals surface area contributed by atoms with Crippen molar-refractivity contribution in [3.63, 3.8) is 0 Å². The van der Waals surface area contributed by atoms with E-state index in [9.17, 15) is 0 Å². The van der Waals surface area contributed by atoms with Gasteiger partial charge in [0.2, 0.25) is 0 Å². The first-order valence-electron chi connectivity index (χ1n) is 5.80. The molecular weight excluding hydrogens is 200 g/mol. The molecule has 1 atom stereocenters. The number of hydrogen-bond donors (Lipinski definition) is 2. The minimum Gasteiger partial charge on any atom is -0.497 e. The summed E-state index contributed by atoms with van der Waals surface area (Å²) in [4.78, 5) is 0. The Morgan fingerprint density at radius 1 is 1.44 bits per heavy atom. The molecule has 0 amide bonds. The van der Waals surface area contributed by atoms with Crippen molar-refractivity contribution >= 4 is 0 Å². The van der Waals surface area contributed by atoms with Gasteiger partial charge in [0.05, 0.1) is 7.11 Å². The van der Waals surface area contributed by atoms with Crippen LogP contribution in [-0.2, 0) is 6.54 Å². The minimum atomic E-state index is 0.595. The smallest absolute Gasteiger partial charge is 0.119 e. The molecule has 0 aliphatic rings. The van der Waals surface area contributed by atoms with Crippen molar-refractivity contribution in [2.75, 3.05) is 20.2 Å². The van der Waals surface area contributed by atoms with Gasteiger partial charge in [-0.3, -0.25) is 0 Å². The molecule has 3 nitrogen and oxygen atoms in total. The van der Waals surface area contributed by atoms with E-state index < -0.39 is 0 Å². The molecule has 0 spiro atoms. The molecule has 3 heteroatoms. The van der Waals surface area contributed by atoms with E-state index in [1.165, 1.54) is 5.56 Å². The summed E-state index contributed by atoms with van der Waals surface area (Å²) in [5, 5.41) is 3.41. The summed E-state index contributed by atoms with van der Waals surface area (Å²) in [5.74, 6) is 1.51. The molecule has 0 fully saturated rings. The van der Waals surface area contributed by atoms with Crippen LogP contribution in [0.3, 0.4) is 0 Å². The van der Waals surface area contributed by atoms with Crippen LogP contribution in [-0.4, -0.2) is 20.2 Å². The molecule has 0 aromatic heterocycles. The van der Waals surface area contributed by atoms with Crippen molar-refractivity contribution in [2.45, 2.75) is 19.9 Å². The number of benzene rings is 1. The minimum absolute atomic E-state index is 0.595. The van der Waals surface area contributed by atoms with Crippen molar-refractivity contribution in [1.82, 2.24) is 5.32 Å². The maximum absolute atomic E-state index is 5.56. The third kappa shape index (κ3) is 4.64. The lowest BCUT2D eigenvalue weighted by Crippen LogP contribution is -2.20. The van der Waals surface area contributed by atoms with E-state index in [1.54, 1.807) is 7.11 Å². The second-order valence-electron chi connectivity index (χ2n) is 4.16. The first-order chi connectivity index (χ1) is 7.76. The van der Waals surface area contributed by atoms with Gasteiger partial charge in [0.15, 0.2) is 0 Å². The van der Waals surface area contributed by atoms with Crippen LogP contribution in [0.25, 0.3) is 0 Å². The third-order valence-corrected chi connectivity index (χ3v) is 2.68. The van der Waals surface area contributed by atoms with Crippen LogP contribution < -0.4 is 15.8 Å². The summed E-state index contributed by atoms with van der Waals surface area (Å²) in [6.07, 6.45) is 1.13. The molecule has 0 saturated carbocycles. The predicted octanol–water partition coefficient (Wildman–Crippen LogP) is 1.77. The Kier molecular flexibility index (Phi) is 5.90. The van der Waals surface area contributed by atoms with Gasteiger partial charge in [-0.2, -0.15) is 0 Å². The lowest BCUT2D eigenvalue weighted by atomic mass is 10.1. The molecule has 1 unspecified atom stereocenters. The van der Waals surface area contributed by atoms with Crippen LogP contribution in [0.5, 0.6) is 5.75 Å². The Morgan fingerprint density at radius 2 is 2.25 bits per heavy atom. The lowest BCUT2D eigenvalue weighted by Gasteiger charge is -2.09. The van der Waals surface area contributed by atoms with Crippen molar-refractivity contribution in [3.8, 4) is 5.75 Å². The summed E-state index contributed by atoms with van der Waals surface area (Å²) in [6, 6.07) is 8.12. The fourth-order valence-electron chi connectivity index (χ4n) is 1.48. The van der Waals surface area contributed by atoms with Crippen molar-refractivity contribution in [3.05, 3.63) is 29.8 Å². The normalized spacial score (nSPS) is 12.4. The number of nitrogens with one attached hydrogen (secondary N) is 1. The zero-order valence-corrected chi connectivity index (χ0v) is 10.2. The summed E-state index contributed by atoms with van der Waals surface area (Å²) in [7, 11) is 1.69. The van der Waals surface area contributed by atoms with E-state index in [1.807, 2.05) is 12.1 Å². The van der Waals surface area contributed by atoms with Gasteiger partial charge in [0.25, 0.3) is 0 Å². The lowest BCUT2D eigenvalue weighted by molar-refractivity contribution is 0.414. The largest absolute Gasteiger partial charge is 0.497 e. The van der Waals surface area contributed by atoms with Gasteiger partial charge in [-0.15, -0.1) is 0 Å². The van der Waals surface area contributed by atoms with E-state index in [-0.39, 0.29) is 0 Å². The van der Waals surface area contributed by atoms with Crippen molar-refractivity contribution < 1.29 is 4.74 Å². The van der Waals surface area contributed by atoms with E-state index in [4.69, 9.17) is 10.5 Å². The van der Waals surface area contributed by atoms with Gasteiger partial charge in [-0.1, -0.05) is 19.1 Å². The van der Waals surface area contributed by atoms with Gasteiger partial charge in [0.1, 0.15) is 5.75 Å². The standard InChI is InChI=1S/C13H22N2O/c1-11(9-14)6-7-15-10-12-4-3-5-13(8-12)16-2/h3-5,8,11,15H,6-7,9-10,14H2,1-2H3. The van der Waals surface area contributed by atoms with E-state index >= 15 is 0 Å². The third-order valence-electron chi connectivity index (χ3n) is 2.68. The monoisotopic (exact) mass is 222 g/mol. The fraction of sp³-hybridized carbons (Fsp3) is 0.538. The highest BCUT2D eigenvalue weighted by Gasteiger charge is 1.99. The topological polar surface area (TPSA) is 47.3 Å². The number of rotatable bonds is 7. The van der Waals surface area contributed by atoms with E-state index in [0.29, 0.717) is 5.92 Å². The zero-order chi connectivity index (χ0) is 11.8. The first-order valence-corrected chi connectivity index (χ1v) is 5.80. The number of methoxy groups -OCH3 is 1. The van der Waals surface area contributed by atoms with Crippen molar-refractivity contribution in [1.29, 1.82) is 0 Å². The van der Waals surface area contributed by atoms with Gasteiger partial charge in [0, 0.05) is 6.54 Å². The van der Waals surface area contributed by atoms with Crippen molar-refractivity contribution in [2.24, 2.45) is 11.7 Å². The Balaban J connectivity index is 2.26. The van der Waals surface area contributed by atoms with Gasteiger partial charge >= 0.3 is 0 Å². The molecule has 0 heterocycles. The van der Waals surface area contributed by atoms with Gasteiger partial charge in [-0.05, 0) is 43.1 Å². The van der Waals surface area contributed by atoms with Gasteiger partial charge in [-0.25, -0.2) is 0 Å². The fourth-order valence-corrected chi connectivity index (χ4v) is 1.48. The molecule has 1 aromatic carbocycles. The molecule has 3 N–H and O–H groups in total. The van der Waals surface area contributed by atoms with E-state index in [0.717, 1.165) is 31.8 Å². The first kappa shape index (κ1) is 13.0. The van der Waals surface area contributed by atoms with Crippen LogP contribution in [0.2, 0.25) is 0 Å². The molecular formula is C13H22N2O. The maximum atomic E-state index is 5.56. The highest BCUT2D eigenvalue weighted by Crippen LogP contribution is 2.12. The maximum Gasteiger partial charge on any atom is 0.119 e. The summed E-state index contributed by atoms with van der Waals surface area (Å²) >= 11 is 0. The quantitative estimate of drug-likeness (QED) is 0.691. The second kappa shape index (κ2) is 7.25. The van der Waals surface area contributed by atoms with Crippen LogP contribution in [0.4, 0.5) is 0 Å². The average molecular weight is 222 g/mol. The Hall–Kier alpha value is -1.06. The highest BCUT2D eigenvalue weighted by atomic mass is 16.5. The zero-order valence-electron chi connectivity index (χ0n) is 10.2. The molecule has 0 aliphatic carbocycles. The summed E-state index contributed by atoms with van der Waals surface area (Å²) < 4.78 is 5.17. The van der Waals surface area contributed by atoms with Crippen LogP contribution >= 0.6 is 0 Å². The number of hydrogen-bond acceptors (Lipinski definition) is 3. The van der Waals surface area contributed by atoms with Gasteiger partial charge < -0.3 is 15.8 Å². The van der Waals surface area contributed by atoms with Crippen LogP contribution in [0.15, 0.2) is 24.3 Å². The van der Waals surface area contributed by atoms with E-state index in [2.05, 4.69) is 24.4 Å². The molecule has 16 heavy (non-hydrogen) atoms. The number of ether oxygens (including phenoxy) is 1. The van der Waals surface area contributed by atoms with Crippen LogP contribution in [0, 0.1) is 5.92 Å². The molecule has 90 valence electrons. The summed E-state index contributed by atoms with van der Waals surface area (Å²) in [6.45, 7) is 4.83. The second-order valence-corrected chi connectivity index (χ2v) is 4.16. The molecule has 1 aromatic rings. The Labute approximate surface area is 98.0 Å². The highest BCUT2D eigenvalue weighted by molar-refractivity contribution is 5.28. The Bertz CT molecular complexity index is 302. The average Bonchev–Trinajstić information content (AvgIpc) is 2.34. The molecule has 1 rings (SSSR count). The predicted molar refractivity (Wildman–Crippen MR) is 67.5 cm³/mol.